The third-order valence-corrected chi connectivity index (χ3v) is 10.3. The van der Waals surface area contributed by atoms with Crippen molar-refractivity contribution in [1.82, 2.24) is 19.9 Å². The lowest BCUT2D eigenvalue weighted by Gasteiger charge is -2.22. The van der Waals surface area contributed by atoms with Crippen molar-refractivity contribution in [3.63, 3.8) is 0 Å². The lowest BCUT2D eigenvalue weighted by Crippen LogP contribution is -2.15. The fourth-order valence-electron chi connectivity index (χ4n) is 7.40. The van der Waals surface area contributed by atoms with Gasteiger partial charge in [-0.25, -0.2) is 15.0 Å². The van der Waals surface area contributed by atoms with Gasteiger partial charge in [-0.1, -0.05) is 135 Å². The minimum absolute atomic E-state index is 0.268. The number of hydrogen-bond acceptors (Lipinski definition) is 6. The van der Waals surface area contributed by atoms with Crippen LogP contribution < -0.4 is 5.32 Å². The van der Waals surface area contributed by atoms with Crippen LogP contribution in [0.3, 0.4) is 0 Å². The van der Waals surface area contributed by atoms with Crippen LogP contribution in [0.5, 0.6) is 0 Å². The number of nitrogens with one attached hydrogen (secondary N) is 2. The molecule has 2 N–H and O–H groups in total. The van der Waals surface area contributed by atoms with Crippen molar-refractivity contribution in [1.29, 1.82) is 5.41 Å². The van der Waals surface area contributed by atoms with E-state index in [9.17, 15) is 5.41 Å². The summed E-state index contributed by atoms with van der Waals surface area (Å²) in [6.45, 7) is 4.59. The maximum atomic E-state index is 9.26. The fraction of sp³-hybridized carbons (Fsp3) is 0.0625. The molecule has 0 saturated carbocycles. The average Bonchev–Trinajstić information content (AvgIpc) is 3.46. The molecule has 0 saturated heterocycles. The van der Waals surface area contributed by atoms with Gasteiger partial charge in [-0.15, -0.1) is 0 Å². The van der Waals surface area contributed by atoms with Crippen LogP contribution in [-0.4, -0.2) is 25.6 Å². The van der Waals surface area contributed by atoms with Gasteiger partial charge in [0.15, 0.2) is 17.5 Å². The monoisotopic (exact) mass is 696 g/mol. The van der Waals surface area contributed by atoms with Crippen molar-refractivity contribution in [3.8, 4) is 56.4 Å². The molecule has 0 radical (unpaired) electrons. The zero-order valence-electron chi connectivity index (χ0n) is 30.0. The van der Waals surface area contributed by atoms with Gasteiger partial charge >= 0.3 is 0 Å². The SMILES string of the molecule is CC1(C)c2cc(-c3cccc(C(=N)c4ccccc4Nc4ccncc4)c3)ccc2-c2ccc(-c3nc(-c4ccccc4)nc(-c4ccccc4)n3)cc21. The highest BCUT2D eigenvalue weighted by Crippen LogP contribution is 2.50. The van der Waals surface area contributed by atoms with E-state index in [1.807, 2.05) is 109 Å². The van der Waals surface area contributed by atoms with Gasteiger partial charge in [0.1, 0.15) is 0 Å². The quantitative estimate of drug-likeness (QED) is 0.154. The third-order valence-electron chi connectivity index (χ3n) is 10.3. The third kappa shape index (κ3) is 6.03. The van der Waals surface area contributed by atoms with Crippen molar-refractivity contribution in [2.45, 2.75) is 19.3 Å². The van der Waals surface area contributed by atoms with Gasteiger partial charge in [0.2, 0.25) is 0 Å². The van der Waals surface area contributed by atoms with Gasteiger partial charge in [-0.05, 0) is 69.8 Å². The van der Waals surface area contributed by atoms with Crippen LogP contribution in [0.15, 0.2) is 170 Å². The Morgan fingerprint density at radius 3 is 1.67 bits per heavy atom. The molecular formula is C48H36N6. The van der Waals surface area contributed by atoms with Crippen LogP contribution >= 0.6 is 0 Å². The van der Waals surface area contributed by atoms with Crippen molar-refractivity contribution < 1.29 is 0 Å². The lowest BCUT2D eigenvalue weighted by molar-refractivity contribution is 0.661. The molecule has 8 aromatic rings. The number of anilines is 2. The highest BCUT2D eigenvalue weighted by atomic mass is 15.0. The number of benzene rings is 6. The van der Waals surface area contributed by atoms with E-state index in [2.05, 4.69) is 72.7 Å². The summed E-state index contributed by atoms with van der Waals surface area (Å²) < 4.78 is 0. The summed E-state index contributed by atoms with van der Waals surface area (Å²) in [7, 11) is 0. The van der Waals surface area contributed by atoms with Gasteiger partial charge in [0.25, 0.3) is 0 Å². The second-order valence-corrected chi connectivity index (χ2v) is 14.0. The molecule has 2 heterocycles. The molecule has 0 bridgehead atoms. The van der Waals surface area contributed by atoms with Crippen LogP contribution in [0, 0.1) is 5.41 Å². The van der Waals surface area contributed by atoms with E-state index in [1.165, 1.54) is 22.3 Å². The molecule has 0 aliphatic heterocycles. The van der Waals surface area contributed by atoms with Crippen LogP contribution in [0.25, 0.3) is 56.4 Å². The molecule has 54 heavy (non-hydrogen) atoms. The van der Waals surface area contributed by atoms with Crippen LogP contribution in [-0.2, 0) is 5.41 Å². The Hall–Kier alpha value is -7.05. The Kier molecular flexibility index (Phi) is 8.20. The number of para-hydroxylation sites is 1. The van der Waals surface area contributed by atoms with Gasteiger partial charge in [0, 0.05) is 57.0 Å². The summed E-state index contributed by atoms with van der Waals surface area (Å²) in [6.07, 6.45) is 3.52. The average molecular weight is 697 g/mol. The first-order chi connectivity index (χ1) is 26.4. The minimum atomic E-state index is -0.268. The van der Waals surface area contributed by atoms with Crippen LogP contribution in [0.1, 0.15) is 36.1 Å². The van der Waals surface area contributed by atoms with E-state index in [1.54, 1.807) is 12.4 Å². The Labute approximate surface area is 314 Å². The molecule has 0 atom stereocenters. The van der Waals surface area contributed by atoms with E-state index in [-0.39, 0.29) is 5.41 Å². The molecule has 6 heteroatoms. The summed E-state index contributed by atoms with van der Waals surface area (Å²) in [4.78, 5) is 19.0. The molecule has 258 valence electrons. The second kappa shape index (κ2) is 13.5. The summed E-state index contributed by atoms with van der Waals surface area (Å²) in [5.74, 6) is 1.95. The van der Waals surface area contributed by atoms with Crippen molar-refractivity contribution in [2.75, 3.05) is 5.32 Å². The van der Waals surface area contributed by atoms with Crippen LogP contribution in [0.2, 0.25) is 0 Å². The zero-order valence-corrected chi connectivity index (χ0v) is 30.0. The minimum Gasteiger partial charge on any atom is -0.355 e. The summed E-state index contributed by atoms with van der Waals surface area (Å²) >= 11 is 0. The molecule has 0 spiro atoms. The Morgan fingerprint density at radius 2 is 1.02 bits per heavy atom. The predicted octanol–water partition coefficient (Wildman–Crippen LogP) is 11.4. The van der Waals surface area contributed by atoms with Crippen LogP contribution in [0.4, 0.5) is 11.4 Å². The maximum Gasteiger partial charge on any atom is 0.164 e. The predicted molar refractivity (Wildman–Crippen MR) is 219 cm³/mol. The highest BCUT2D eigenvalue weighted by molar-refractivity contribution is 6.14. The molecule has 1 aliphatic rings. The summed E-state index contributed by atoms with van der Waals surface area (Å²) in [6, 6.07) is 53.6. The molecule has 6 aromatic carbocycles. The van der Waals surface area contributed by atoms with Gasteiger partial charge in [-0.3, -0.25) is 10.4 Å². The van der Waals surface area contributed by atoms with E-state index in [0.29, 0.717) is 23.2 Å². The summed E-state index contributed by atoms with van der Waals surface area (Å²) in [5.41, 5.74) is 13.7. The van der Waals surface area contributed by atoms with E-state index in [4.69, 9.17) is 15.0 Å². The van der Waals surface area contributed by atoms with Gasteiger partial charge in [0.05, 0.1) is 5.71 Å². The summed E-state index contributed by atoms with van der Waals surface area (Å²) in [5, 5.41) is 12.7. The molecule has 6 nitrogen and oxygen atoms in total. The van der Waals surface area contributed by atoms with Gasteiger partial charge < -0.3 is 5.32 Å². The van der Waals surface area contributed by atoms with Crippen molar-refractivity contribution >= 4 is 17.1 Å². The Balaban J connectivity index is 1.05. The van der Waals surface area contributed by atoms with E-state index in [0.717, 1.165) is 50.3 Å². The Morgan fingerprint density at radius 1 is 0.500 bits per heavy atom. The highest BCUT2D eigenvalue weighted by Gasteiger charge is 2.36. The molecule has 1 aliphatic carbocycles. The number of nitrogens with zero attached hydrogens (tertiary/aromatic N) is 4. The van der Waals surface area contributed by atoms with E-state index < -0.39 is 0 Å². The maximum absolute atomic E-state index is 9.26. The number of aromatic nitrogens is 4. The first kappa shape index (κ1) is 32.8. The second-order valence-electron chi connectivity index (χ2n) is 14.0. The number of hydrogen-bond donors (Lipinski definition) is 2. The van der Waals surface area contributed by atoms with Crippen molar-refractivity contribution in [3.05, 3.63) is 192 Å². The largest absolute Gasteiger partial charge is 0.355 e. The number of rotatable bonds is 8. The first-order valence-corrected chi connectivity index (χ1v) is 18.0. The van der Waals surface area contributed by atoms with E-state index >= 15 is 0 Å². The smallest absolute Gasteiger partial charge is 0.164 e. The Bertz CT molecular complexity index is 2610. The normalized spacial score (nSPS) is 12.5. The molecule has 0 amide bonds. The van der Waals surface area contributed by atoms with Gasteiger partial charge in [-0.2, -0.15) is 0 Å². The standard InChI is InChI=1S/C48H36N6/c1-48(2)41-29-34(33-16-11-17-35(28-33)44(49)40-18-9-10-19-43(40)51-37-24-26-50-27-25-37)20-22-38(41)39-23-21-36(30-42(39)48)47-53-45(31-12-5-3-6-13-31)52-46(54-47)32-14-7-4-8-15-32/h3-30,49H,1-2H3,(H,50,51). The molecule has 0 unspecified atom stereocenters. The number of fused-ring (bicyclic) bond motifs is 3. The zero-order chi connectivity index (χ0) is 36.6. The first-order valence-electron chi connectivity index (χ1n) is 18.0. The molecule has 0 fully saturated rings. The fourth-order valence-corrected chi connectivity index (χ4v) is 7.40. The molecule has 2 aromatic heterocycles. The van der Waals surface area contributed by atoms with Crippen molar-refractivity contribution in [2.24, 2.45) is 0 Å². The molecule has 9 rings (SSSR count). The molecular weight excluding hydrogens is 661 g/mol. The number of pyridine rings is 1. The lowest BCUT2D eigenvalue weighted by atomic mass is 9.81. The topological polar surface area (TPSA) is 87.4 Å².